The van der Waals surface area contributed by atoms with Crippen LogP contribution in [0.1, 0.15) is 51.2 Å². The molecule has 0 spiro atoms. The summed E-state index contributed by atoms with van der Waals surface area (Å²) in [5.41, 5.74) is 5.88. The van der Waals surface area contributed by atoms with Crippen molar-refractivity contribution in [3.8, 4) is 0 Å². The number of carbonyl (C=O) groups is 3. The number of carbonyl (C=O) groups excluding carboxylic acids is 3. The van der Waals surface area contributed by atoms with Gasteiger partial charge in [0, 0.05) is 37.8 Å². The average molecular weight is 538 g/mol. The molecule has 1 fully saturated rings. The van der Waals surface area contributed by atoms with Crippen LogP contribution in [-0.4, -0.2) is 17.7 Å². The van der Waals surface area contributed by atoms with Gasteiger partial charge >= 0.3 is 0 Å². The largest absolute Gasteiger partial charge is 0.326 e. The molecule has 0 bridgehead atoms. The summed E-state index contributed by atoms with van der Waals surface area (Å²) in [7, 11) is 0. The van der Waals surface area contributed by atoms with Crippen molar-refractivity contribution in [1.29, 1.82) is 0 Å². The third-order valence-electron chi connectivity index (χ3n) is 5.25. The number of hydrogen-bond donors (Lipinski definition) is 3. The summed E-state index contributed by atoms with van der Waals surface area (Å²) >= 11 is 5.64. The molecule has 0 aliphatic carbocycles. The predicted octanol–water partition coefficient (Wildman–Crippen LogP) is 7.17. The fraction of sp³-hybridized carbons (Fsp3) is 0.222. The second-order valence-corrected chi connectivity index (χ2v) is 12.9. The van der Waals surface area contributed by atoms with Gasteiger partial charge in [-0.25, -0.2) is 0 Å². The van der Waals surface area contributed by atoms with Crippen molar-refractivity contribution in [2.24, 2.45) is 0 Å². The van der Waals surface area contributed by atoms with Crippen LogP contribution >= 0.6 is 35.3 Å². The average Bonchev–Trinajstić information content (AvgIpc) is 2.84. The van der Waals surface area contributed by atoms with E-state index >= 15 is 0 Å². The molecule has 0 unspecified atom stereocenters. The zero-order valence-electron chi connectivity index (χ0n) is 20.1. The van der Waals surface area contributed by atoms with Crippen LogP contribution < -0.4 is 16.0 Å². The van der Waals surface area contributed by atoms with E-state index in [-0.39, 0.29) is 31.5 Å². The quantitative estimate of drug-likeness (QED) is 0.309. The molecule has 0 aromatic heterocycles. The highest BCUT2D eigenvalue weighted by atomic mass is 32.3. The Balaban J connectivity index is 1.59. The molecule has 1 aliphatic heterocycles. The number of rotatable bonds is 6. The molecule has 3 aromatic rings. The molecular weight excluding hydrogens is 511 g/mol. The molecule has 3 amide bonds. The smallest absolute Gasteiger partial charge is 0.221 e. The van der Waals surface area contributed by atoms with Gasteiger partial charge in [0.05, 0.1) is 13.7 Å². The molecule has 1 heterocycles. The Morgan fingerprint density at radius 1 is 0.472 bits per heavy atom. The van der Waals surface area contributed by atoms with E-state index in [0.717, 1.165) is 17.1 Å². The minimum Gasteiger partial charge on any atom is -0.326 e. The topological polar surface area (TPSA) is 87.3 Å². The summed E-state index contributed by atoms with van der Waals surface area (Å²) in [6.07, 6.45) is 0. The molecule has 0 radical (unpaired) electrons. The molecule has 3 aromatic carbocycles. The van der Waals surface area contributed by atoms with Crippen LogP contribution in [0.25, 0.3) is 0 Å². The molecule has 0 atom stereocenters. The summed E-state index contributed by atoms with van der Waals surface area (Å²) in [6.45, 7) is 4.50. The van der Waals surface area contributed by atoms with Crippen molar-refractivity contribution in [2.45, 2.75) is 34.5 Å². The highest BCUT2D eigenvalue weighted by Crippen LogP contribution is 2.66. The number of nitrogens with one attached hydrogen (secondary N) is 3. The summed E-state index contributed by atoms with van der Waals surface area (Å²) in [4.78, 5) is 34.2. The first-order valence-electron chi connectivity index (χ1n) is 11.4. The van der Waals surface area contributed by atoms with Gasteiger partial charge in [-0.05, 0) is 53.1 Å². The van der Waals surface area contributed by atoms with Crippen molar-refractivity contribution < 1.29 is 14.4 Å². The van der Waals surface area contributed by atoms with E-state index < -0.39 is 0 Å². The lowest BCUT2D eigenvalue weighted by molar-refractivity contribution is -0.115. The van der Waals surface area contributed by atoms with Crippen molar-refractivity contribution in [3.05, 3.63) is 89.5 Å². The third-order valence-corrected chi connectivity index (χ3v) is 10.4. The number of benzene rings is 3. The maximum atomic E-state index is 11.4. The highest BCUT2D eigenvalue weighted by molar-refractivity contribution is 8.32. The van der Waals surface area contributed by atoms with Crippen molar-refractivity contribution in [3.63, 3.8) is 0 Å². The number of amides is 3. The van der Waals surface area contributed by atoms with Crippen LogP contribution in [0.15, 0.2) is 72.8 Å². The second-order valence-electron chi connectivity index (χ2n) is 8.31. The zero-order valence-corrected chi connectivity index (χ0v) is 22.6. The molecule has 0 saturated carbocycles. The van der Waals surface area contributed by atoms with E-state index in [0.29, 0.717) is 0 Å². The maximum Gasteiger partial charge on any atom is 0.221 e. The van der Waals surface area contributed by atoms with Gasteiger partial charge in [0.25, 0.3) is 0 Å². The number of thioether (sulfide) groups is 3. The maximum absolute atomic E-state index is 11.4. The summed E-state index contributed by atoms with van der Waals surface area (Å²) in [5.74, 6) is -0.275. The summed E-state index contributed by atoms with van der Waals surface area (Å²) in [5, 5.41) is 8.48. The Kier molecular flexibility index (Phi) is 8.66. The minimum absolute atomic E-state index is 0.0916. The minimum atomic E-state index is -0.0916. The normalized spacial score (nSPS) is 19.2. The first kappa shape index (κ1) is 26.2. The van der Waals surface area contributed by atoms with E-state index in [2.05, 4.69) is 52.3 Å². The summed E-state index contributed by atoms with van der Waals surface area (Å²) < 4.78 is 0.535. The lowest BCUT2D eigenvalue weighted by atomic mass is 10.2. The molecule has 3 N–H and O–H groups in total. The second kappa shape index (κ2) is 11.9. The number of anilines is 3. The van der Waals surface area contributed by atoms with Crippen LogP contribution in [0.5, 0.6) is 0 Å². The van der Waals surface area contributed by atoms with E-state index in [1.54, 1.807) is 0 Å². The monoisotopic (exact) mass is 537 g/mol. The SMILES string of the molecule is CC(=O)Nc1ccc(C2SC(c3ccc(NC(C)=O)cc3)SC(c3ccc(NC(C)=O)cc3)S2)cc1. The van der Waals surface area contributed by atoms with Crippen molar-refractivity contribution >= 4 is 70.1 Å². The van der Waals surface area contributed by atoms with Crippen LogP contribution in [-0.2, 0) is 14.4 Å². The molecule has 1 aliphatic rings. The summed E-state index contributed by atoms with van der Waals surface area (Å²) in [6, 6.07) is 24.0. The van der Waals surface area contributed by atoms with Gasteiger partial charge in [-0.15, -0.1) is 35.3 Å². The Labute approximate surface area is 223 Å². The molecule has 1 saturated heterocycles. The van der Waals surface area contributed by atoms with Crippen LogP contribution in [0.3, 0.4) is 0 Å². The van der Waals surface area contributed by atoms with E-state index in [1.807, 2.05) is 71.7 Å². The zero-order chi connectivity index (χ0) is 25.7. The Morgan fingerprint density at radius 3 is 0.889 bits per heavy atom. The Hall–Kier alpha value is -2.88. The first-order valence-corrected chi connectivity index (χ1v) is 14.2. The van der Waals surface area contributed by atoms with Crippen molar-refractivity contribution in [1.82, 2.24) is 0 Å². The Morgan fingerprint density at radius 2 is 0.694 bits per heavy atom. The fourth-order valence-electron chi connectivity index (χ4n) is 3.68. The molecule has 4 rings (SSSR count). The molecule has 9 heteroatoms. The Bertz CT molecular complexity index is 1070. The lowest BCUT2D eigenvalue weighted by Crippen LogP contribution is -2.08. The van der Waals surface area contributed by atoms with Gasteiger partial charge in [0.1, 0.15) is 0 Å². The van der Waals surface area contributed by atoms with Gasteiger partial charge in [-0.2, -0.15) is 0 Å². The third kappa shape index (κ3) is 7.09. The fourth-order valence-corrected chi connectivity index (χ4v) is 9.65. The van der Waals surface area contributed by atoms with Crippen LogP contribution in [0, 0.1) is 0 Å². The molecule has 6 nitrogen and oxygen atoms in total. The number of hydrogen-bond acceptors (Lipinski definition) is 6. The highest BCUT2D eigenvalue weighted by Gasteiger charge is 2.33. The van der Waals surface area contributed by atoms with E-state index in [9.17, 15) is 14.4 Å². The van der Waals surface area contributed by atoms with Crippen LogP contribution in [0.4, 0.5) is 17.1 Å². The lowest BCUT2D eigenvalue weighted by Gasteiger charge is -2.34. The van der Waals surface area contributed by atoms with Crippen LogP contribution in [0.2, 0.25) is 0 Å². The van der Waals surface area contributed by atoms with Gasteiger partial charge in [0.15, 0.2) is 0 Å². The van der Waals surface area contributed by atoms with E-state index in [1.165, 1.54) is 37.5 Å². The van der Waals surface area contributed by atoms with Gasteiger partial charge in [0.2, 0.25) is 17.7 Å². The van der Waals surface area contributed by atoms with Gasteiger partial charge in [-0.1, -0.05) is 36.4 Å². The molecule has 36 heavy (non-hydrogen) atoms. The van der Waals surface area contributed by atoms with E-state index in [4.69, 9.17) is 0 Å². The standard InChI is InChI=1S/C27H27N3O3S3/c1-16(31)28-22-10-4-19(5-11-22)25-34-26(20-6-12-23(13-7-20)29-17(2)32)36-27(35-25)21-8-14-24(15-9-21)30-18(3)33/h4-15,25-27H,1-3H3,(H,28,31)(H,29,32)(H,30,33). The first-order chi connectivity index (χ1) is 17.3. The van der Waals surface area contributed by atoms with Gasteiger partial charge < -0.3 is 16.0 Å². The molecule has 186 valence electrons. The molecular formula is C27H27N3O3S3. The predicted molar refractivity (Wildman–Crippen MR) is 153 cm³/mol. The van der Waals surface area contributed by atoms with Crippen molar-refractivity contribution in [2.75, 3.05) is 16.0 Å². The van der Waals surface area contributed by atoms with Gasteiger partial charge in [-0.3, -0.25) is 14.4 Å².